The number of nitrogens with one attached hydrogen (secondary N) is 1. The number of aliphatic imine (C=N–C) groups is 1. The first kappa shape index (κ1) is 9.71. The molecule has 3 heteroatoms. The lowest BCUT2D eigenvalue weighted by Gasteiger charge is -2.07. The zero-order valence-electron chi connectivity index (χ0n) is 8.34. The predicted octanol–water partition coefficient (Wildman–Crippen LogP) is 2.50. The van der Waals surface area contributed by atoms with Crippen molar-refractivity contribution in [2.24, 2.45) is 4.99 Å². The number of benzene rings is 1. The van der Waals surface area contributed by atoms with Gasteiger partial charge in [-0.15, -0.1) is 0 Å². The van der Waals surface area contributed by atoms with Crippen LogP contribution in [0.5, 0.6) is 0 Å². The summed E-state index contributed by atoms with van der Waals surface area (Å²) in [4.78, 5) is 4.45. The van der Waals surface area contributed by atoms with Gasteiger partial charge in [-0.25, -0.2) is 0 Å². The molecule has 0 aromatic heterocycles. The molecule has 74 valence electrons. The summed E-state index contributed by atoms with van der Waals surface area (Å²) in [5.41, 5.74) is 2.42. The molecule has 1 aliphatic rings. The van der Waals surface area contributed by atoms with Crippen molar-refractivity contribution < 1.29 is 0 Å². The van der Waals surface area contributed by atoms with Gasteiger partial charge in [-0.1, -0.05) is 22.0 Å². The van der Waals surface area contributed by atoms with Gasteiger partial charge in [0, 0.05) is 16.1 Å². The molecule has 2 rings (SSSR count). The third kappa shape index (κ3) is 1.82. The molecule has 1 heterocycles. The van der Waals surface area contributed by atoms with Gasteiger partial charge < -0.3 is 5.32 Å². The zero-order valence-corrected chi connectivity index (χ0v) is 9.93. The number of nitrogens with zero attached hydrogens (tertiary/aromatic N) is 1. The van der Waals surface area contributed by atoms with Gasteiger partial charge >= 0.3 is 0 Å². The van der Waals surface area contributed by atoms with E-state index >= 15 is 0 Å². The summed E-state index contributed by atoms with van der Waals surface area (Å²) < 4.78 is 1.15. The lowest BCUT2D eigenvalue weighted by molar-refractivity contribution is 0.726. The molecule has 0 amide bonds. The molecular weight excluding hydrogens is 240 g/mol. The number of rotatable bonds is 1. The van der Waals surface area contributed by atoms with Crippen LogP contribution in [-0.4, -0.2) is 18.4 Å². The molecule has 0 spiro atoms. The van der Waals surface area contributed by atoms with Crippen molar-refractivity contribution in [3.63, 3.8) is 0 Å². The van der Waals surface area contributed by atoms with Crippen molar-refractivity contribution in [2.75, 3.05) is 6.54 Å². The Hall–Kier alpha value is -0.830. The third-order valence-corrected chi connectivity index (χ3v) is 3.23. The second-order valence-electron chi connectivity index (χ2n) is 3.70. The maximum absolute atomic E-state index is 4.45. The molecule has 1 N–H and O–H groups in total. The zero-order chi connectivity index (χ0) is 10.1. The summed E-state index contributed by atoms with van der Waals surface area (Å²) in [6, 6.07) is 6.77. The predicted molar refractivity (Wildman–Crippen MR) is 62.9 cm³/mol. The summed E-state index contributed by atoms with van der Waals surface area (Å²) in [6.45, 7) is 5.11. The first-order chi connectivity index (χ1) is 6.66. The number of aryl methyl sites for hydroxylation is 1. The van der Waals surface area contributed by atoms with Crippen LogP contribution < -0.4 is 5.32 Å². The van der Waals surface area contributed by atoms with Gasteiger partial charge in [0.1, 0.15) is 5.84 Å². The SMILES string of the molecule is Cc1cc(C2=NCC(C)N2)ccc1Br. The summed E-state index contributed by atoms with van der Waals surface area (Å²) in [5, 5.41) is 3.35. The number of amidine groups is 1. The van der Waals surface area contributed by atoms with Gasteiger partial charge in [0.05, 0.1) is 6.54 Å². The van der Waals surface area contributed by atoms with Crippen molar-refractivity contribution in [2.45, 2.75) is 19.9 Å². The Labute approximate surface area is 92.6 Å². The number of halogens is 1. The monoisotopic (exact) mass is 252 g/mol. The highest BCUT2D eigenvalue weighted by molar-refractivity contribution is 9.10. The first-order valence-corrected chi connectivity index (χ1v) is 5.53. The first-order valence-electron chi connectivity index (χ1n) is 4.74. The fourth-order valence-electron chi connectivity index (χ4n) is 1.52. The Morgan fingerprint density at radius 1 is 1.50 bits per heavy atom. The number of hydrogen-bond donors (Lipinski definition) is 1. The Bertz CT molecular complexity index is 385. The average molecular weight is 253 g/mol. The second-order valence-corrected chi connectivity index (χ2v) is 4.55. The molecule has 1 unspecified atom stereocenters. The largest absolute Gasteiger partial charge is 0.366 e. The highest BCUT2D eigenvalue weighted by Gasteiger charge is 2.14. The minimum Gasteiger partial charge on any atom is -0.366 e. The van der Waals surface area contributed by atoms with Crippen molar-refractivity contribution in [1.29, 1.82) is 0 Å². The summed E-state index contributed by atoms with van der Waals surface area (Å²) in [5.74, 6) is 1.02. The third-order valence-electron chi connectivity index (χ3n) is 2.34. The molecule has 1 aromatic rings. The van der Waals surface area contributed by atoms with Gasteiger partial charge in [-0.05, 0) is 31.5 Å². The second kappa shape index (κ2) is 3.73. The number of hydrogen-bond acceptors (Lipinski definition) is 2. The standard InChI is InChI=1S/C11H13BrN2/c1-7-5-9(3-4-10(7)12)11-13-6-8(2)14-11/h3-5,8H,6H2,1-2H3,(H,13,14). The summed E-state index contributed by atoms with van der Waals surface area (Å²) in [6.07, 6.45) is 0. The highest BCUT2D eigenvalue weighted by atomic mass is 79.9. The van der Waals surface area contributed by atoms with E-state index in [0.717, 1.165) is 16.9 Å². The lowest BCUT2D eigenvalue weighted by Crippen LogP contribution is -2.27. The van der Waals surface area contributed by atoms with Crippen molar-refractivity contribution in [1.82, 2.24) is 5.32 Å². The van der Waals surface area contributed by atoms with E-state index in [4.69, 9.17) is 0 Å². The van der Waals surface area contributed by atoms with E-state index in [1.165, 1.54) is 11.1 Å². The van der Waals surface area contributed by atoms with Crippen LogP contribution in [0.2, 0.25) is 0 Å². The Kier molecular flexibility index (Phi) is 2.59. The van der Waals surface area contributed by atoms with Crippen LogP contribution in [0.4, 0.5) is 0 Å². The average Bonchev–Trinajstić information content (AvgIpc) is 2.57. The molecule has 2 nitrogen and oxygen atoms in total. The summed E-state index contributed by atoms with van der Waals surface area (Å²) in [7, 11) is 0. The molecule has 0 bridgehead atoms. The quantitative estimate of drug-likeness (QED) is 0.817. The molecule has 1 atom stereocenters. The Balaban J connectivity index is 2.30. The fraction of sp³-hybridized carbons (Fsp3) is 0.364. The molecule has 0 radical (unpaired) electrons. The molecule has 1 aromatic carbocycles. The van der Waals surface area contributed by atoms with Crippen molar-refractivity contribution >= 4 is 21.8 Å². The van der Waals surface area contributed by atoms with Crippen LogP contribution in [0.3, 0.4) is 0 Å². The van der Waals surface area contributed by atoms with Crippen LogP contribution in [0.25, 0.3) is 0 Å². The Morgan fingerprint density at radius 2 is 2.29 bits per heavy atom. The van der Waals surface area contributed by atoms with E-state index in [9.17, 15) is 0 Å². The Morgan fingerprint density at radius 3 is 2.86 bits per heavy atom. The maximum Gasteiger partial charge on any atom is 0.128 e. The van der Waals surface area contributed by atoms with E-state index in [2.05, 4.69) is 58.3 Å². The van der Waals surface area contributed by atoms with Gasteiger partial charge in [0.2, 0.25) is 0 Å². The molecule has 1 aliphatic heterocycles. The minimum atomic E-state index is 0.467. The summed E-state index contributed by atoms with van der Waals surface area (Å²) >= 11 is 3.49. The molecule has 0 aliphatic carbocycles. The molecule has 14 heavy (non-hydrogen) atoms. The molecule has 0 fully saturated rings. The molecule has 0 saturated heterocycles. The van der Waals surface area contributed by atoms with Gasteiger partial charge in [-0.3, -0.25) is 4.99 Å². The van der Waals surface area contributed by atoms with E-state index < -0.39 is 0 Å². The molecule has 0 saturated carbocycles. The fourth-order valence-corrected chi connectivity index (χ4v) is 1.77. The van der Waals surface area contributed by atoms with E-state index in [0.29, 0.717) is 6.04 Å². The normalized spacial score (nSPS) is 20.5. The van der Waals surface area contributed by atoms with E-state index in [-0.39, 0.29) is 0 Å². The lowest BCUT2D eigenvalue weighted by atomic mass is 10.1. The van der Waals surface area contributed by atoms with Crippen LogP contribution in [0.1, 0.15) is 18.1 Å². The topological polar surface area (TPSA) is 24.4 Å². The van der Waals surface area contributed by atoms with Gasteiger partial charge in [-0.2, -0.15) is 0 Å². The van der Waals surface area contributed by atoms with Crippen LogP contribution in [-0.2, 0) is 0 Å². The molecular formula is C11H13BrN2. The van der Waals surface area contributed by atoms with Crippen LogP contribution in [0, 0.1) is 6.92 Å². The highest BCUT2D eigenvalue weighted by Crippen LogP contribution is 2.18. The maximum atomic E-state index is 4.45. The van der Waals surface area contributed by atoms with Crippen LogP contribution in [0.15, 0.2) is 27.7 Å². The van der Waals surface area contributed by atoms with E-state index in [1.54, 1.807) is 0 Å². The minimum absolute atomic E-state index is 0.467. The van der Waals surface area contributed by atoms with E-state index in [1.807, 2.05) is 0 Å². The smallest absolute Gasteiger partial charge is 0.128 e. The van der Waals surface area contributed by atoms with Crippen LogP contribution >= 0.6 is 15.9 Å². The van der Waals surface area contributed by atoms with Gasteiger partial charge in [0.25, 0.3) is 0 Å². The van der Waals surface area contributed by atoms with Crippen molar-refractivity contribution in [3.05, 3.63) is 33.8 Å². The van der Waals surface area contributed by atoms with Gasteiger partial charge in [0.15, 0.2) is 0 Å². The van der Waals surface area contributed by atoms with Crippen molar-refractivity contribution in [3.8, 4) is 0 Å².